The van der Waals surface area contributed by atoms with E-state index in [1.807, 2.05) is 0 Å². The van der Waals surface area contributed by atoms with Crippen molar-refractivity contribution in [1.82, 2.24) is 0 Å². The SMILES string of the molecule is CC(C)(C)S(=O)(=O)Cc1cccc([N+](=O)[O-])c1C(=O)O. The van der Waals surface area contributed by atoms with Crippen LogP contribution in [0.15, 0.2) is 18.2 Å². The van der Waals surface area contributed by atoms with Crippen molar-refractivity contribution in [3.63, 3.8) is 0 Å². The Bertz CT molecular complexity index is 657. The minimum atomic E-state index is -3.64. The van der Waals surface area contributed by atoms with Gasteiger partial charge in [-0.3, -0.25) is 10.1 Å². The van der Waals surface area contributed by atoms with Crippen LogP contribution in [-0.2, 0) is 15.6 Å². The number of carboxylic acids is 1. The zero-order valence-corrected chi connectivity index (χ0v) is 12.1. The Balaban J connectivity index is 3.45. The number of nitrogens with zero attached hydrogens (tertiary/aromatic N) is 1. The summed E-state index contributed by atoms with van der Waals surface area (Å²) in [5, 5.41) is 19.9. The van der Waals surface area contributed by atoms with Crippen LogP contribution in [0.4, 0.5) is 5.69 Å². The Hall–Kier alpha value is -1.96. The molecule has 1 N–H and O–H groups in total. The lowest BCUT2D eigenvalue weighted by Crippen LogP contribution is -2.29. The van der Waals surface area contributed by atoms with Gasteiger partial charge in [-0.2, -0.15) is 0 Å². The number of sulfone groups is 1. The van der Waals surface area contributed by atoms with Gasteiger partial charge in [0.15, 0.2) is 9.84 Å². The number of hydrogen-bond donors (Lipinski definition) is 1. The fraction of sp³-hybridized carbons (Fsp3) is 0.417. The van der Waals surface area contributed by atoms with Gasteiger partial charge in [-0.05, 0) is 26.3 Å². The molecule has 8 heteroatoms. The van der Waals surface area contributed by atoms with Gasteiger partial charge in [0.25, 0.3) is 5.69 Å². The van der Waals surface area contributed by atoms with Crippen molar-refractivity contribution in [1.29, 1.82) is 0 Å². The smallest absolute Gasteiger partial charge is 0.343 e. The molecule has 0 aliphatic carbocycles. The van der Waals surface area contributed by atoms with Crippen LogP contribution in [0.2, 0.25) is 0 Å². The average molecular weight is 301 g/mol. The second-order valence-electron chi connectivity index (χ2n) is 5.24. The quantitative estimate of drug-likeness (QED) is 0.672. The van der Waals surface area contributed by atoms with Crippen molar-refractivity contribution < 1.29 is 23.2 Å². The van der Waals surface area contributed by atoms with E-state index in [-0.39, 0.29) is 5.56 Å². The normalized spacial score (nSPS) is 12.2. The second kappa shape index (κ2) is 5.20. The molecule has 0 atom stereocenters. The van der Waals surface area contributed by atoms with Crippen molar-refractivity contribution in [3.8, 4) is 0 Å². The van der Waals surface area contributed by atoms with E-state index in [1.165, 1.54) is 32.9 Å². The first kappa shape index (κ1) is 16.1. The Morgan fingerprint density at radius 3 is 2.30 bits per heavy atom. The maximum Gasteiger partial charge on any atom is 0.343 e. The van der Waals surface area contributed by atoms with Gasteiger partial charge >= 0.3 is 5.97 Å². The van der Waals surface area contributed by atoms with Gasteiger partial charge in [-0.15, -0.1) is 0 Å². The molecule has 0 aliphatic heterocycles. The molecular formula is C12H15NO6S. The summed E-state index contributed by atoms with van der Waals surface area (Å²) >= 11 is 0. The zero-order chi connectivity index (χ0) is 15.7. The molecule has 110 valence electrons. The predicted molar refractivity (Wildman–Crippen MR) is 72.4 cm³/mol. The second-order valence-corrected chi connectivity index (χ2v) is 7.99. The van der Waals surface area contributed by atoms with Crippen LogP contribution < -0.4 is 0 Å². The van der Waals surface area contributed by atoms with Crippen molar-refractivity contribution in [2.75, 3.05) is 0 Å². The van der Waals surface area contributed by atoms with E-state index >= 15 is 0 Å². The van der Waals surface area contributed by atoms with Crippen LogP contribution in [-0.4, -0.2) is 29.2 Å². The third kappa shape index (κ3) is 3.13. The van der Waals surface area contributed by atoms with Crippen molar-refractivity contribution in [3.05, 3.63) is 39.4 Å². The number of nitro groups is 1. The van der Waals surface area contributed by atoms with Crippen LogP contribution >= 0.6 is 0 Å². The fourth-order valence-corrected chi connectivity index (χ4v) is 2.61. The van der Waals surface area contributed by atoms with Crippen LogP contribution in [0.5, 0.6) is 0 Å². The molecular weight excluding hydrogens is 286 g/mol. The lowest BCUT2D eigenvalue weighted by atomic mass is 10.1. The summed E-state index contributed by atoms with van der Waals surface area (Å²) in [4.78, 5) is 21.2. The summed E-state index contributed by atoms with van der Waals surface area (Å²) in [6.07, 6.45) is 0. The Labute approximate surface area is 116 Å². The van der Waals surface area contributed by atoms with E-state index < -0.39 is 42.5 Å². The van der Waals surface area contributed by atoms with Gasteiger partial charge in [-0.1, -0.05) is 12.1 Å². The monoisotopic (exact) mass is 301 g/mol. The minimum Gasteiger partial charge on any atom is -0.477 e. The van der Waals surface area contributed by atoms with Crippen LogP contribution in [0.1, 0.15) is 36.7 Å². The van der Waals surface area contributed by atoms with E-state index in [0.29, 0.717) is 0 Å². The molecule has 1 aromatic carbocycles. The molecule has 0 fully saturated rings. The molecule has 0 heterocycles. The van der Waals surface area contributed by atoms with Gasteiger partial charge in [-0.25, -0.2) is 13.2 Å². The fourth-order valence-electron chi connectivity index (χ4n) is 1.53. The topological polar surface area (TPSA) is 115 Å². The summed E-state index contributed by atoms with van der Waals surface area (Å²) < 4.78 is 23.2. The molecule has 0 saturated carbocycles. The summed E-state index contributed by atoms with van der Waals surface area (Å²) in [7, 11) is -3.64. The molecule has 1 rings (SSSR count). The standard InChI is InChI=1S/C12H15NO6S/c1-12(2,3)20(18,19)7-8-5-4-6-9(13(16)17)10(8)11(14)15/h4-6H,7H2,1-3H3,(H,14,15). The van der Waals surface area contributed by atoms with Gasteiger partial charge in [0.2, 0.25) is 0 Å². The number of rotatable bonds is 4. The number of carbonyl (C=O) groups is 1. The van der Waals surface area contributed by atoms with Crippen LogP contribution in [0, 0.1) is 10.1 Å². The average Bonchev–Trinajstić information content (AvgIpc) is 2.25. The van der Waals surface area contributed by atoms with Crippen LogP contribution in [0.25, 0.3) is 0 Å². The molecule has 0 bridgehead atoms. The molecule has 20 heavy (non-hydrogen) atoms. The largest absolute Gasteiger partial charge is 0.477 e. The van der Waals surface area contributed by atoms with Crippen molar-refractivity contribution in [2.24, 2.45) is 0 Å². The van der Waals surface area contributed by atoms with E-state index in [4.69, 9.17) is 5.11 Å². The first-order valence-electron chi connectivity index (χ1n) is 5.69. The van der Waals surface area contributed by atoms with E-state index in [0.717, 1.165) is 6.07 Å². The molecule has 0 aromatic heterocycles. The third-order valence-corrected chi connectivity index (χ3v) is 5.37. The van der Waals surface area contributed by atoms with E-state index in [1.54, 1.807) is 0 Å². The number of benzene rings is 1. The lowest BCUT2D eigenvalue weighted by Gasteiger charge is -2.19. The first-order chi connectivity index (χ1) is 8.97. The molecule has 0 spiro atoms. The summed E-state index contributed by atoms with van der Waals surface area (Å²) in [6.45, 7) is 4.46. The number of aromatic carboxylic acids is 1. The molecule has 7 nitrogen and oxygen atoms in total. The molecule has 0 unspecified atom stereocenters. The molecule has 0 saturated heterocycles. The highest BCUT2D eigenvalue weighted by Crippen LogP contribution is 2.27. The maximum absolute atomic E-state index is 12.1. The highest BCUT2D eigenvalue weighted by atomic mass is 32.2. The molecule has 0 aliphatic rings. The lowest BCUT2D eigenvalue weighted by molar-refractivity contribution is -0.385. The van der Waals surface area contributed by atoms with Crippen LogP contribution in [0.3, 0.4) is 0 Å². The Morgan fingerprint density at radius 2 is 1.90 bits per heavy atom. The summed E-state index contributed by atoms with van der Waals surface area (Å²) in [5.41, 5.74) is -1.27. The predicted octanol–water partition coefficient (Wildman–Crippen LogP) is 2.01. The number of carboxylic acid groups (broad SMARTS) is 1. The van der Waals surface area contributed by atoms with Gasteiger partial charge in [0, 0.05) is 6.07 Å². The van der Waals surface area contributed by atoms with E-state index in [9.17, 15) is 23.3 Å². The minimum absolute atomic E-state index is 0.0818. The molecule has 0 amide bonds. The van der Waals surface area contributed by atoms with Crippen molar-refractivity contribution >= 4 is 21.5 Å². The van der Waals surface area contributed by atoms with Crippen molar-refractivity contribution in [2.45, 2.75) is 31.3 Å². The highest BCUT2D eigenvalue weighted by Gasteiger charge is 2.32. The maximum atomic E-state index is 12.1. The third-order valence-electron chi connectivity index (χ3n) is 2.82. The first-order valence-corrected chi connectivity index (χ1v) is 7.34. The molecule has 1 aromatic rings. The highest BCUT2D eigenvalue weighted by molar-refractivity contribution is 7.91. The zero-order valence-electron chi connectivity index (χ0n) is 11.3. The summed E-state index contributed by atoms with van der Waals surface area (Å²) in [6, 6.07) is 3.59. The Morgan fingerprint density at radius 1 is 1.35 bits per heavy atom. The summed E-state index contributed by atoms with van der Waals surface area (Å²) in [5.74, 6) is -2.07. The number of hydrogen-bond acceptors (Lipinski definition) is 5. The van der Waals surface area contributed by atoms with E-state index in [2.05, 4.69) is 0 Å². The number of nitro benzene ring substituents is 1. The van der Waals surface area contributed by atoms with Gasteiger partial charge in [0.05, 0.1) is 15.4 Å². The molecule has 0 radical (unpaired) electrons. The Kier molecular flexibility index (Phi) is 4.18. The van der Waals surface area contributed by atoms with Gasteiger partial charge < -0.3 is 5.11 Å². The van der Waals surface area contributed by atoms with Gasteiger partial charge in [0.1, 0.15) is 5.56 Å².